The zero-order chi connectivity index (χ0) is 16.6. The summed E-state index contributed by atoms with van der Waals surface area (Å²) in [7, 11) is 0. The average molecular weight is 310 g/mol. The predicted molar refractivity (Wildman–Crippen MR) is 93.1 cm³/mol. The van der Waals surface area contributed by atoms with Crippen LogP contribution in [0.25, 0.3) is 0 Å². The van der Waals surface area contributed by atoms with Crippen LogP contribution in [0.2, 0.25) is 0 Å². The number of nitrogens with one attached hydrogen (secondary N) is 1. The van der Waals surface area contributed by atoms with Gasteiger partial charge in [0, 0.05) is 46.2 Å². The van der Waals surface area contributed by atoms with Gasteiger partial charge in [0.15, 0.2) is 5.96 Å². The second-order valence-electron chi connectivity index (χ2n) is 7.25. The van der Waals surface area contributed by atoms with Gasteiger partial charge in [-0.1, -0.05) is 27.2 Å². The molecule has 0 aromatic carbocycles. The van der Waals surface area contributed by atoms with Crippen molar-refractivity contribution in [3.8, 4) is 0 Å². The Hall–Kier alpha value is -1.26. The summed E-state index contributed by atoms with van der Waals surface area (Å²) in [5.74, 6) is 1.17. The van der Waals surface area contributed by atoms with Gasteiger partial charge < -0.3 is 15.1 Å². The van der Waals surface area contributed by atoms with Gasteiger partial charge in [0.2, 0.25) is 5.91 Å². The number of aliphatic imine (C=N–C) groups is 1. The van der Waals surface area contributed by atoms with Crippen molar-refractivity contribution >= 4 is 11.9 Å². The molecule has 1 rings (SSSR count). The van der Waals surface area contributed by atoms with E-state index in [9.17, 15) is 4.79 Å². The molecule has 1 saturated heterocycles. The summed E-state index contributed by atoms with van der Waals surface area (Å²) >= 11 is 0. The Morgan fingerprint density at radius 1 is 1.09 bits per heavy atom. The van der Waals surface area contributed by atoms with Gasteiger partial charge in [-0.3, -0.25) is 9.79 Å². The van der Waals surface area contributed by atoms with Gasteiger partial charge in [-0.15, -0.1) is 0 Å². The summed E-state index contributed by atoms with van der Waals surface area (Å²) in [6, 6.07) is 0. The van der Waals surface area contributed by atoms with Gasteiger partial charge in [-0.2, -0.15) is 0 Å². The van der Waals surface area contributed by atoms with E-state index < -0.39 is 0 Å². The molecular formula is C17H34N4O. The van der Waals surface area contributed by atoms with Crippen LogP contribution in [0.3, 0.4) is 0 Å². The van der Waals surface area contributed by atoms with Crippen LogP contribution in [-0.2, 0) is 4.79 Å². The van der Waals surface area contributed by atoms with E-state index in [0.717, 1.165) is 51.6 Å². The first kappa shape index (κ1) is 18.8. The van der Waals surface area contributed by atoms with Crippen LogP contribution in [0, 0.1) is 5.41 Å². The lowest BCUT2D eigenvalue weighted by Gasteiger charge is -2.36. The van der Waals surface area contributed by atoms with Gasteiger partial charge in [0.05, 0.1) is 0 Å². The average Bonchev–Trinajstić information content (AvgIpc) is 2.44. The maximum Gasteiger partial charge on any atom is 0.219 e. The number of amides is 1. The zero-order valence-corrected chi connectivity index (χ0v) is 15.1. The molecule has 1 heterocycles. The van der Waals surface area contributed by atoms with Gasteiger partial charge in [-0.25, -0.2) is 0 Å². The van der Waals surface area contributed by atoms with E-state index in [2.05, 4.69) is 37.9 Å². The Bertz CT molecular complexity index is 365. The number of rotatable bonds is 5. The maximum atomic E-state index is 11.4. The van der Waals surface area contributed by atoms with E-state index in [0.29, 0.717) is 5.41 Å². The van der Waals surface area contributed by atoms with Crippen LogP contribution < -0.4 is 5.32 Å². The lowest BCUT2D eigenvalue weighted by molar-refractivity contribution is -0.130. The normalized spacial score (nSPS) is 16.9. The van der Waals surface area contributed by atoms with Crippen molar-refractivity contribution in [3.05, 3.63) is 0 Å². The molecule has 1 N–H and O–H groups in total. The highest BCUT2D eigenvalue weighted by atomic mass is 16.2. The molecule has 0 bridgehead atoms. The molecule has 0 saturated carbocycles. The molecule has 128 valence electrons. The van der Waals surface area contributed by atoms with Crippen LogP contribution in [0.4, 0.5) is 0 Å². The van der Waals surface area contributed by atoms with E-state index >= 15 is 0 Å². The maximum absolute atomic E-state index is 11.4. The fourth-order valence-electron chi connectivity index (χ4n) is 2.61. The molecular weight excluding hydrogens is 276 g/mol. The fourth-order valence-corrected chi connectivity index (χ4v) is 2.61. The summed E-state index contributed by atoms with van der Waals surface area (Å²) < 4.78 is 0. The van der Waals surface area contributed by atoms with Crippen LogP contribution in [-0.4, -0.2) is 60.9 Å². The molecule has 1 aliphatic heterocycles. The van der Waals surface area contributed by atoms with Crippen molar-refractivity contribution in [2.75, 3.05) is 39.3 Å². The molecule has 5 heteroatoms. The summed E-state index contributed by atoms with van der Waals surface area (Å²) in [4.78, 5) is 20.3. The molecule has 0 spiro atoms. The Kier molecular flexibility index (Phi) is 7.69. The van der Waals surface area contributed by atoms with Gasteiger partial charge >= 0.3 is 0 Å². The van der Waals surface area contributed by atoms with Crippen molar-refractivity contribution in [1.29, 1.82) is 0 Å². The smallest absolute Gasteiger partial charge is 0.219 e. The van der Waals surface area contributed by atoms with Gasteiger partial charge in [0.25, 0.3) is 0 Å². The summed E-state index contributed by atoms with van der Waals surface area (Å²) in [6.45, 7) is 15.7. The van der Waals surface area contributed by atoms with E-state index in [1.54, 1.807) is 6.92 Å². The third-order valence-corrected chi connectivity index (χ3v) is 3.96. The van der Waals surface area contributed by atoms with Crippen molar-refractivity contribution in [2.45, 2.75) is 53.9 Å². The fraction of sp³-hybridized carbons (Fsp3) is 0.882. The number of unbranched alkanes of at least 4 members (excludes halogenated alkanes) is 1. The van der Waals surface area contributed by atoms with Gasteiger partial charge in [-0.05, 0) is 25.2 Å². The SMILES string of the molecule is CCNC(=NCCCCC(C)(C)C)N1CCN(C(C)=O)CC1. The minimum atomic E-state index is 0.170. The number of guanidine groups is 1. The predicted octanol–water partition coefficient (Wildman–Crippen LogP) is 2.33. The molecule has 1 aliphatic rings. The number of nitrogens with zero attached hydrogens (tertiary/aromatic N) is 3. The third kappa shape index (κ3) is 7.14. The molecule has 1 amide bonds. The molecule has 0 unspecified atom stereocenters. The monoisotopic (exact) mass is 310 g/mol. The number of hydrogen-bond donors (Lipinski definition) is 1. The summed E-state index contributed by atoms with van der Waals surface area (Å²) in [5.41, 5.74) is 0.414. The first-order valence-corrected chi connectivity index (χ1v) is 8.62. The van der Waals surface area contributed by atoms with Crippen LogP contribution in [0.15, 0.2) is 4.99 Å². The summed E-state index contributed by atoms with van der Waals surface area (Å²) in [6.07, 6.45) is 3.61. The first-order chi connectivity index (χ1) is 10.3. The number of carbonyl (C=O) groups is 1. The lowest BCUT2D eigenvalue weighted by Crippen LogP contribution is -2.53. The lowest BCUT2D eigenvalue weighted by atomic mass is 9.90. The zero-order valence-electron chi connectivity index (χ0n) is 15.1. The highest BCUT2D eigenvalue weighted by Crippen LogP contribution is 2.21. The molecule has 0 atom stereocenters. The molecule has 5 nitrogen and oxygen atoms in total. The molecule has 0 aliphatic carbocycles. The van der Waals surface area contributed by atoms with Crippen molar-refractivity contribution in [2.24, 2.45) is 10.4 Å². The van der Waals surface area contributed by atoms with E-state index in [-0.39, 0.29) is 5.91 Å². The molecule has 22 heavy (non-hydrogen) atoms. The van der Waals surface area contributed by atoms with Crippen molar-refractivity contribution in [1.82, 2.24) is 15.1 Å². The first-order valence-electron chi connectivity index (χ1n) is 8.62. The molecule has 0 radical (unpaired) electrons. The second kappa shape index (κ2) is 9.01. The second-order valence-corrected chi connectivity index (χ2v) is 7.25. The number of carbonyl (C=O) groups excluding carboxylic acids is 1. The molecule has 0 aromatic heterocycles. The highest BCUT2D eigenvalue weighted by molar-refractivity contribution is 5.80. The number of piperazine rings is 1. The molecule has 0 aromatic rings. The van der Waals surface area contributed by atoms with Crippen molar-refractivity contribution in [3.63, 3.8) is 0 Å². The quantitative estimate of drug-likeness (QED) is 0.482. The standard InChI is InChI=1S/C17H34N4O/c1-6-18-16(19-10-8-7-9-17(3,4)5)21-13-11-20(12-14-21)15(2)22/h6-14H2,1-5H3,(H,18,19). The van der Waals surface area contributed by atoms with Gasteiger partial charge in [0.1, 0.15) is 0 Å². The third-order valence-electron chi connectivity index (χ3n) is 3.96. The Morgan fingerprint density at radius 3 is 2.18 bits per heavy atom. The largest absolute Gasteiger partial charge is 0.357 e. The minimum Gasteiger partial charge on any atom is -0.357 e. The summed E-state index contributed by atoms with van der Waals surface area (Å²) in [5, 5.41) is 3.38. The minimum absolute atomic E-state index is 0.170. The Labute approximate surface area is 136 Å². The van der Waals surface area contributed by atoms with Crippen LogP contribution >= 0.6 is 0 Å². The van der Waals surface area contributed by atoms with Crippen LogP contribution in [0.5, 0.6) is 0 Å². The Balaban J connectivity index is 2.41. The van der Waals surface area contributed by atoms with Crippen LogP contribution in [0.1, 0.15) is 53.9 Å². The van der Waals surface area contributed by atoms with Crippen molar-refractivity contribution < 1.29 is 4.79 Å². The Morgan fingerprint density at radius 2 is 1.68 bits per heavy atom. The topological polar surface area (TPSA) is 47.9 Å². The van der Waals surface area contributed by atoms with E-state index in [4.69, 9.17) is 4.99 Å². The van der Waals surface area contributed by atoms with E-state index in [1.807, 2.05) is 4.90 Å². The number of hydrogen-bond acceptors (Lipinski definition) is 2. The van der Waals surface area contributed by atoms with E-state index in [1.165, 1.54) is 12.8 Å². The molecule has 1 fully saturated rings. The highest BCUT2D eigenvalue weighted by Gasteiger charge is 2.20.